The van der Waals surface area contributed by atoms with Gasteiger partial charge in [-0.15, -0.1) is 0 Å². The predicted molar refractivity (Wildman–Crippen MR) is 47.9 cm³/mol. The van der Waals surface area contributed by atoms with Crippen molar-refractivity contribution in [2.45, 2.75) is 18.9 Å². The maximum Gasteiger partial charge on any atom is 0.311 e. The van der Waals surface area contributed by atoms with E-state index >= 15 is 0 Å². The molecule has 0 atom stereocenters. The molecule has 1 aliphatic rings. The van der Waals surface area contributed by atoms with Crippen LogP contribution >= 0.6 is 0 Å². The molecule has 1 fully saturated rings. The van der Waals surface area contributed by atoms with Gasteiger partial charge in [0.2, 0.25) is 0 Å². The number of nitrogens with one attached hydrogen (secondary N) is 1. The van der Waals surface area contributed by atoms with Gasteiger partial charge in [0.25, 0.3) is 0 Å². The van der Waals surface area contributed by atoms with Gasteiger partial charge in [-0.05, 0) is 19.9 Å². The highest BCUT2D eigenvalue weighted by Crippen LogP contribution is 2.09. The maximum atomic E-state index is 11.1. The summed E-state index contributed by atoms with van der Waals surface area (Å²) in [6, 6.07) is 0.455. The van der Waals surface area contributed by atoms with E-state index in [0.717, 1.165) is 12.8 Å². The van der Waals surface area contributed by atoms with Gasteiger partial charge in [0, 0.05) is 19.1 Å². The first-order valence-electron chi connectivity index (χ1n) is 4.41. The Balaban J connectivity index is 2.41. The summed E-state index contributed by atoms with van der Waals surface area (Å²) < 4.78 is 0. The smallest absolute Gasteiger partial charge is 0.311 e. The van der Waals surface area contributed by atoms with E-state index in [2.05, 4.69) is 5.32 Å². The average molecular weight is 185 g/mol. The zero-order valence-corrected chi connectivity index (χ0v) is 7.75. The Morgan fingerprint density at radius 2 is 1.92 bits per heavy atom. The molecule has 2 amide bonds. The van der Waals surface area contributed by atoms with E-state index in [0.29, 0.717) is 19.1 Å². The monoisotopic (exact) mass is 185 g/mol. The number of hydrogen-bond acceptors (Lipinski definition) is 3. The first-order chi connectivity index (χ1) is 6.15. The minimum Gasteiger partial charge on any atom is -0.361 e. The van der Waals surface area contributed by atoms with Crippen LogP contribution in [0.2, 0.25) is 0 Å². The molecule has 0 aromatic rings. The third kappa shape index (κ3) is 2.42. The molecule has 0 unspecified atom stereocenters. The molecule has 0 spiro atoms. The molecule has 13 heavy (non-hydrogen) atoms. The van der Waals surface area contributed by atoms with Crippen molar-refractivity contribution in [3.8, 4) is 0 Å². The van der Waals surface area contributed by atoms with E-state index in [9.17, 15) is 9.59 Å². The Morgan fingerprint density at radius 1 is 1.38 bits per heavy atom. The molecule has 0 saturated carbocycles. The Bertz CT molecular complexity index is 209. The van der Waals surface area contributed by atoms with Crippen LogP contribution in [0.4, 0.5) is 0 Å². The fraction of sp³-hybridized carbons (Fsp3) is 0.750. The molecule has 0 aromatic carbocycles. The SMILES string of the molecule is CNC1CCN(C(=O)C(N)=O)CC1. The highest BCUT2D eigenvalue weighted by atomic mass is 16.2. The molecule has 1 saturated heterocycles. The second-order valence-corrected chi connectivity index (χ2v) is 3.22. The van der Waals surface area contributed by atoms with Crippen molar-refractivity contribution >= 4 is 11.8 Å². The molecule has 1 rings (SSSR count). The Labute approximate surface area is 77.3 Å². The molecule has 0 aliphatic carbocycles. The van der Waals surface area contributed by atoms with Gasteiger partial charge in [0.05, 0.1) is 0 Å². The van der Waals surface area contributed by atoms with Gasteiger partial charge in [-0.2, -0.15) is 0 Å². The van der Waals surface area contributed by atoms with Gasteiger partial charge in [0.15, 0.2) is 0 Å². The van der Waals surface area contributed by atoms with E-state index in [-0.39, 0.29) is 0 Å². The third-order valence-electron chi connectivity index (χ3n) is 2.40. The number of piperidine rings is 1. The summed E-state index contributed by atoms with van der Waals surface area (Å²) in [5.41, 5.74) is 4.89. The Morgan fingerprint density at radius 3 is 2.31 bits per heavy atom. The summed E-state index contributed by atoms with van der Waals surface area (Å²) in [5.74, 6) is -1.42. The van der Waals surface area contributed by atoms with Crippen LogP contribution in [0, 0.1) is 0 Å². The van der Waals surface area contributed by atoms with Crippen LogP contribution in [0.1, 0.15) is 12.8 Å². The zero-order valence-electron chi connectivity index (χ0n) is 7.75. The summed E-state index contributed by atoms with van der Waals surface area (Å²) in [4.78, 5) is 23.2. The molecule has 5 heteroatoms. The summed E-state index contributed by atoms with van der Waals surface area (Å²) in [6.45, 7) is 1.24. The van der Waals surface area contributed by atoms with Gasteiger partial charge in [-0.25, -0.2) is 0 Å². The van der Waals surface area contributed by atoms with Crippen molar-refractivity contribution in [1.29, 1.82) is 0 Å². The van der Waals surface area contributed by atoms with Crippen LogP contribution in [0.3, 0.4) is 0 Å². The summed E-state index contributed by atoms with van der Waals surface area (Å²) in [7, 11) is 1.90. The number of hydrogen-bond donors (Lipinski definition) is 2. The predicted octanol–water partition coefficient (Wildman–Crippen LogP) is -1.32. The number of nitrogens with zero attached hydrogens (tertiary/aromatic N) is 1. The summed E-state index contributed by atoms with van der Waals surface area (Å²) >= 11 is 0. The molecule has 1 aliphatic heterocycles. The number of carbonyl (C=O) groups is 2. The second kappa shape index (κ2) is 4.23. The number of nitrogens with two attached hydrogens (primary N) is 1. The molecule has 0 aromatic heterocycles. The van der Waals surface area contributed by atoms with Crippen LogP contribution in [-0.2, 0) is 9.59 Å². The molecule has 0 radical (unpaired) electrons. The highest BCUT2D eigenvalue weighted by Gasteiger charge is 2.24. The van der Waals surface area contributed by atoms with Crippen molar-refractivity contribution in [2.24, 2.45) is 5.73 Å². The van der Waals surface area contributed by atoms with Crippen molar-refractivity contribution in [2.75, 3.05) is 20.1 Å². The van der Waals surface area contributed by atoms with Gasteiger partial charge in [0.1, 0.15) is 0 Å². The lowest BCUT2D eigenvalue weighted by Gasteiger charge is -2.30. The quantitative estimate of drug-likeness (QED) is 0.498. The lowest BCUT2D eigenvalue weighted by atomic mass is 10.1. The number of amides is 2. The van der Waals surface area contributed by atoms with E-state index < -0.39 is 11.8 Å². The number of rotatable bonds is 1. The van der Waals surface area contributed by atoms with E-state index in [4.69, 9.17) is 5.73 Å². The third-order valence-corrected chi connectivity index (χ3v) is 2.40. The second-order valence-electron chi connectivity index (χ2n) is 3.22. The minimum atomic E-state index is -0.858. The largest absolute Gasteiger partial charge is 0.361 e. The van der Waals surface area contributed by atoms with Gasteiger partial charge in [-0.1, -0.05) is 0 Å². The van der Waals surface area contributed by atoms with Crippen LogP contribution in [0.5, 0.6) is 0 Å². The van der Waals surface area contributed by atoms with Gasteiger partial charge >= 0.3 is 11.8 Å². The van der Waals surface area contributed by atoms with Crippen LogP contribution < -0.4 is 11.1 Å². The summed E-state index contributed by atoms with van der Waals surface area (Å²) in [5, 5.41) is 3.14. The van der Waals surface area contributed by atoms with Crippen molar-refractivity contribution in [3.05, 3.63) is 0 Å². The lowest BCUT2D eigenvalue weighted by Crippen LogP contribution is -2.47. The average Bonchev–Trinajstić information content (AvgIpc) is 2.17. The van der Waals surface area contributed by atoms with Crippen molar-refractivity contribution in [1.82, 2.24) is 10.2 Å². The van der Waals surface area contributed by atoms with Crippen LogP contribution in [0.15, 0.2) is 0 Å². The molecule has 0 bridgehead atoms. The fourth-order valence-electron chi connectivity index (χ4n) is 1.53. The number of carbonyl (C=O) groups excluding carboxylic acids is 2. The fourth-order valence-corrected chi connectivity index (χ4v) is 1.53. The van der Waals surface area contributed by atoms with Crippen LogP contribution in [0.25, 0.3) is 0 Å². The molecule has 5 nitrogen and oxygen atoms in total. The maximum absolute atomic E-state index is 11.1. The van der Waals surface area contributed by atoms with Crippen molar-refractivity contribution in [3.63, 3.8) is 0 Å². The topological polar surface area (TPSA) is 75.4 Å². The van der Waals surface area contributed by atoms with E-state index in [1.807, 2.05) is 7.05 Å². The van der Waals surface area contributed by atoms with Gasteiger partial charge < -0.3 is 16.0 Å². The lowest BCUT2D eigenvalue weighted by molar-refractivity contribution is -0.144. The molecular weight excluding hydrogens is 170 g/mol. The van der Waals surface area contributed by atoms with E-state index in [1.165, 1.54) is 4.90 Å². The zero-order chi connectivity index (χ0) is 9.84. The molecule has 3 N–H and O–H groups in total. The number of primary amides is 1. The summed E-state index contributed by atoms with van der Waals surface area (Å²) in [6.07, 6.45) is 1.77. The van der Waals surface area contributed by atoms with Gasteiger partial charge in [-0.3, -0.25) is 9.59 Å². The highest BCUT2D eigenvalue weighted by molar-refractivity contribution is 6.34. The molecule has 74 valence electrons. The Hall–Kier alpha value is -1.10. The first-order valence-corrected chi connectivity index (χ1v) is 4.41. The molecular formula is C8H15N3O2. The Kier molecular flexibility index (Phi) is 3.25. The minimum absolute atomic E-state index is 0.455. The number of likely N-dealkylation sites (tertiary alicyclic amines) is 1. The van der Waals surface area contributed by atoms with Crippen LogP contribution in [-0.4, -0.2) is 42.9 Å². The van der Waals surface area contributed by atoms with Crippen molar-refractivity contribution < 1.29 is 9.59 Å². The normalized spacial score (nSPS) is 18.7. The first kappa shape index (κ1) is 9.98. The molecule has 1 heterocycles. The van der Waals surface area contributed by atoms with E-state index in [1.54, 1.807) is 0 Å². The standard InChI is InChI=1S/C8H15N3O2/c1-10-6-2-4-11(5-3-6)8(13)7(9)12/h6,10H,2-5H2,1H3,(H2,9,12).